The van der Waals surface area contributed by atoms with E-state index in [4.69, 9.17) is 4.42 Å². The van der Waals surface area contributed by atoms with Gasteiger partial charge in [0.1, 0.15) is 66.1 Å². The molecule has 1 heterocycles. The average molecular weight is 305 g/mol. The molecule has 0 amide bonds. The second kappa shape index (κ2) is 5.34. The van der Waals surface area contributed by atoms with Crippen LogP contribution in [0.15, 0.2) is 4.42 Å². The van der Waals surface area contributed by atoms with Crippen molar-refractivity contribution in [3.63, 3.8) is 0 Å². The van der Waals surface area contributed by atoms with Crippen molar-refractivity contribution >= 4 is 115 Å². The van der Waals surface area contributed by atoms with Crippen molar-refractivity contribution in [1.82, 2.24) is 0 Å². The van der Waals surface area contributed by atoms with Crippen LogP contribution in [0.25, 0.3) is 21.9 Å². The smallest absolute Gasteiger partial charge is 0.143 e. The van der Waals surface area contributed by atoms with Crippen molar-refractivity contribution in [2.75, 3.05) is 0 Å². The van der Waals surface area contributed by atoms with Gasteiger partial charge in [-0.05, 0) is 18.8 Å². The normalized spacial score (nSPS) is 15.2. The Hall–Kier alpha value is -1.31. The van der Waals surface area contributed by atoms with Crippen molar-refractivity contribution in [2.24, 2.45) is 0 Å². The van der Waals surface area contributed by atoms with E-state index >= 15 is 0 Å². The summed E-state index contributed by atoms with van der Waals surface area (Å²) in [5, 5.41) is 2.73. The van der Waals surface area contributed by atoms with Gasteiger partial charge < -0.3 is 4.42 Å². The predicted molar refractivity (Wildman–Crippen MR) is 128 cm³/mol. The molecule has 0 spiro atoms. The summed E-state index contributed by atoms with van der Waals surface area (Å²) in [6, 6.07) is 0. The van der Waals surface area contributed by atoms with Gasteiger partial charge in [-0.15, -0.1) is 5.46 Å². The first kappa shape index (κ1) is 16.2. The largest absolute Gasteiger partial charge is 0.457 e. The lowest BCUT2D eigenvalue weighted by Crippen LogP contribution is -2.47. The summed E-state index contributed by atoms with van der Waals surface area (Å²) in [6.45, 7) is 0. The zero-order chi connectivity index (χ0) is 17.3. The number of hydrogen-bond acceptors (Lipinski definition) is 1. The molecule has 0 unspecified atom stereocenters. The van der Waals surface area contributed by atoms with Crippen LogP contribution >= 0.6 is 0 Å². The fourth-order valence-corrected chi connectivity index (χ4v) is 4.69. The van der Waals surface area contributed by atoms with Crippen molar-refractivity contribution < 1.29 is 4.42 Å². The number of furan rings is 1. The summed E-state index contributed by atoms with van der Waals surface area (Å²) in [5.41, 5.74) is 13.5. The quantitative estimate of drug-likeness (QED) is 0.407. The lowest BCUT2D eigenvalue weighted by Gasteiger charge is -2.30. The molecule has 0 N–H and O–H groups in total. The molecule has 3 aromatic rings. The van der Waals surface area contributed by atoms with Gasteiger partial charge in [-0.3, -0.25) is 0 Å². The van der Waals surface area contributed by atoms with Crippen molar-refractivity contribution in [2.45, 2.75) is 25.2 Å². The molecule has 24 heavy (non-hydrogen) atoms. The van der Waals surface area contributed by atoms with Gasteiger partial charge in [0, 0.05) is 10.8 Å². The van der Waals surface area contributed by atoms with E-state index in [-0.39, 0.29) is 0 Å². The Bertz CT molecular complexity index is 1020. The SMILES string of the molecule is Bc1c(B)c(B)c2c(oc3c(B)c(B)c(C4CCC4)c(B)c32)c1B. The maximum absolute atomic E-state index is 6.48. The van der Waals surface area contributed by atoms with E-state index in [1.165, 1.54) is 68.3 Å². The number of fused-ring (bicyclic) bond motifs is 3. The molecule has 0 radical (unpaired) electrons. The minimum Gasteiger partial charge on any atom is -0.457 e. The third-order valence-electron chi connectivity index (χ3n) is 6.91. The van der Waals surface area contributed by atoms with E-state index in [2.05, 4.69) is 54.9 Å². The molecule has 2 aromatic carbocycles. The Labute approximate surface area is 150 Å². The molecular weight excluding hydrogens is 284 g/mol. The van der Waals surface area contributed by atoms with E-state index in [1.54, 1.807) is 5.56 Å². The van der Waals surface area contributed by atoms with Crippen LogP contribution in [0.2, 0.25) is 0 Å². The van der Waals surface area contributed by atoms with Gasteiger partial charge in [-0.2, -0.15) is 0 Å². The number of rotatable bonds is 1. The van der Waals surface area contributed by atoms with Gasteiger partial charge in [-0.1, -0.05) is 44.8 Å². The zero-order valence-corrected chi connectivity index (χ0v) is 16.1. The van der Waals surface area contributed by atoms with Crippen LogP contribution in [-0.4, -0.2) is 54.9 Å². The van der Waals surface area contributed by atoms with Gasteiger partial charge in [0.2, 0.25) is 0 Å². The van der Waals surface area contributed by atoms with Gasteiger partial charge in [-0.25, -0.2) is 0 Å². The van der Waals surface area contributed by atoms with E-state index in [9.17, 15) is 0 Å². The van der Waals surface area contributed by atoms with Crippen LogP contribution in [0.3, 0.4) is 0 Å². The highest BCUT2D eigenvalue weighted by Crippen LogP contribution is 2.35. The third kappa shape index (κ3) is 1.92. The fourth-order valence-electron chi connectivity index (χ4n) is 4.69. The van der Waals surface area contributed by atoms with Crippen molar-refractivity contribution in [3.8, 4) is 0 Å². The standard InChI is InChI=1S/C16H21B7O/c17-8-5(4-2-1-3-4)9(18)13(22)15-6(8)7-10(19)11(20)12(21)14(23)16(7)24-15/h4H,1-3,17-23H2. The molecule has 112 valence electrons. The Morgan fingerprint density at radius 1 is 0.583 bits per heavy atom. The van der Waals surface area contributed by atoms with E-state index in [1.807, 2.05) is 0 Å². The van der Waals surface area contributed by atoms with Crippen LogP contribution in [0.4, 0.5) is 0 Å². The first-order valence-electron chi connectivity index (χ1n) is 9.26. The lowest BCUT2D eigenvalue weighted by atomic mass is 9.62. The molecule has 0 aliphatic heterocycles. The second-order valence-electron chi connectivity index (χ2n) is 7.93. The highest BCUT2D eigenvalue weighted by atomic mass is 16.3. The fraction of sp³-hybridized carbons (Fsp3) is 0.250. The topological polar surface area (TPSA) is 13.1 Å². The lowest BCUT2D eigenvalue weighted by molar-refractivity contribution is 0.423. The summed E-state index contributed by atoms with van der Waals surface area (Å²) >= 11 is 0. The Morgan fingerprint density at radius 3 is 1.62 bits per heavy atom. The van der Waals surface area contributed by atoms with Crippen molar-refractivity contribution in [1.29, 1.82) is 0 Å². The highest BCUT2D eigenvalue weighted by molar-refractivity contribution is 6.68. The van der Waals surface area contributed by atoms with Crippen LogP contribution in [-0.2, 0) is 0 Å². The molecule has 1 saturated carbocycles. The maximum atomic E-state index is 6.48. The molecule has 0 bridgehead atoms. The molecule has 0 atom stereocenters. The van der Waals surface area contributed by atoms with Gasteiger partial charge in [0.05, 0.1) is 0 Å². The summed E-state index contributed by atoms with van der Waals surface area (Å²) in [4.78, 5) is 0. The van der Waals surface area contributed by atoms with Gasteiger partial charge in [0.15, 0.2) is 0 Å². The number of hydrogen-bond donors (Lipinski definition) is 0. The molecular formula is C16H21B7O. The van der Waals surface area contributed by atoms with Crippen LogP contribution < -0.4 is 38.2 Å². The first-order valence-corrected chi connectivity index (χ1v) is 9.26. The molecule has 1 aliphatic carbocycles. The Balaban J connectivity index is 2.25. The first-order chi connectivity index (χ1) is 11.3. The molecule has 4 rings (SSSR count). The van der Waals surface area contributed by atoms with E-state index in [0.29, 0.717) is 0 Å². The zero-order valence-electron chi connectivity index (χ0n) is 16.1. The summed E-state index contributed by atoms with van der Waals surface area (Å²) < 4.78 is 6.48. The summed E-state index contributed by atoms with van der Waals surface area (Å²) in [6.07, 6.45) is 4.07. The number of benzene rings is 2. The van der Waals surface area contributed by atoms with Crippen LogP contribution in [0.5, 0.6) is 0 Å². The monoisotopic (exact) mass is 306 g/mol. The molecule has 1 aliphatic rings. The highest BCUT2D eigenvalue weighted by Gasteiger charge is 2.27. The summed E-state index contributed by atoms with van der Waals surface area (Å²) in [7, 11) is 15.8. The molecule has 8 heteroatoms. The van der Waals surface area contributed by atoms with Crippen LogP contribution in [0.1, 0.15) is 30.7 Å². The van der Waals surface area contributed by atoms with Gasteiger partial charge >= 0.3 is 0 Å². The Morgan fingerprint density at radius 2 is 1.08 bits per heavy atom. The van der Waals surface area contributed by atoms with Crippen LogP contribution in [0, 0.1) is 0 Å². The molecule has 1 aromatic heterocycles. The van der Waals surface area contributed by atoms with E-state index in [0.717, 1.165) is 17.1 Å². The molecule has 1 fully saturated rings. The molecule has 1 nitrogen and oxygen atoms in total. The minimum absolute atomic E-state index is 0.756. The molecule has 0 saturated heterocycles. The third-order valence-corrected chi connectivity index (χ3v) is 6.91. The summed E-state index contributed by atoms with van der Waals surface area (Å²) in [5.74, 6) is 0.756. The predicted octanol–water partition coefficient (Wildman–Crippen LogP) is -7.34. The van der Waals surface area contributed by atoms with E-state index < -0.39 is 0 Å². The minimum atomic E-state index is 0.756. The Kier molecular flexibility index (Phi) is 3.60. The van der Waals surface area contributed by atoms with Crippen molar-refractivity contribution in [3.05, 3.63) is 5.56 Å². The van der Waals surface area contributed by atoms with Gasteiger partial charge in [0.25, 0.3) is 0 Å². The second-order valence-corrected chi connectivity index (χ2v) is 7.93. The maximum Gasteiger partial charge on any atom is 0.143 e. The average Bonchev–Trinajstić information content (AvgIpc) is 2.92.